The Labute approximate surface area is 213 Å². The Hall–Kier alpha value is -3.09. The number of hydrogen-bond donors (Lipinski definition) is 0. The Balaban J connectivity index is 1.64. The van der Waals surface area contributed by atoms with Crippen molar-refractivity contribution in [3.8, 4) is 11.1 Å². The third-order valence-corrected chi connectivity index (χ3v) is 7.37. The number of fused-ring (bicyclic) bond motifs is 1. The fourth-order valence-corrected chi connectivity index (χ4v) is 5.70. The van der Waals surface area contributed by atoms with Crippen molar-refractivity contribution in [1.29, 1.82) is 0 Å². The summed E-state index contributed by atoms with van der Waals surface area (Å²) in [6.45, 7) is 14.5. The fourth-order valence-electron chi connectivity index (χ4n) is 5.70. The second kappa shape index (κ2) is 9.41. The van der Waals surface area contributed by atoms with E-state index >= 15 is 0 Å². The average Bonchev–Trinajstić information content (AvgIpc) is 3.44. The Morgan fingerprint density at radius 1 is 1.03 bits per heavy atom. The molecule has 5 rings (SSSR count). The first kappa shape index (κ1) is 24.6. The summed E-state index contributed by atoms with van der Waals surface area (Å²) >= 11 is 0. The van der Waals surface area contributed by atoms with Crippen molar-refractivity contribution in [2.24, 2.45) is 0 Å². The molecule has 2 aromatic heterocycles. The van der Waals surface area contributed by atoms with Gasteiger partial charge in [0.05, 0.1) is 17.3 Å². The highest BCUT2D eigenvalue weighted by atomic mass is 16.6. The van der Waals surface area contributed by atoms with Gasteiger partial charge in [0, 0.05) is 36.1 Å². The number of anilines is 1. The van der Waals surface area contributed by atoms with Gasteiger partial charge in [-0.1, -0.05) is 5.16 Å². The predicted molar refractivity (Wildman–Crippen MR) is 142 cm³/mol. The first-order valence-electron chi connectivity index (χ1n) is 13.3. The second-order valence-electron chi connectivity index (χ2n) is 11.3. The van der Waals surface area contributed by atoms with Gasteiger partial charge >= 0.3 is 6.09 Å². The molecule has 3 aromatic rings. The number of carbonyl (C=O) groups is 1. The first-order chi connectivity index (χ1) is 17.1. The molecular formula is C29H38N4O3. The minimum atomic E-state index is -0.525. The van der Waals surface area contributed by atoms with E-state index in [9.17, 15) is 4.79 Å². The van der Waals surface area contributed by atoms with Crippen molar-refractivity contribution >= 4 is 22.8 Å². The van der Waals surface area contributed by atoms with E-state index in [1.54, 1.807) is 0 Å². The molecule has 1 unspecified atom stereocenters. The Morgan fingerprint density at radius 3 is 2.44 bits per heavy atom. The van der Waals surface area contributed by atoms with Crippen LogP contribution in [0.3, 0.4) is 0 Å². The summed E-state index contributed by atoms with van der Waals surface area (Å²) in [5, 5.41) is 5.24. The zero-order valence-corrected chi connectivity index (χ0v) is 22.5. The third kappa shape index (κ3) is 4.67. The molecule has 2 aliphatic heterocycles. The number of carbonyl (C=O) groups excluding carboxylic acids is 1. The normalized spacial score (nSPS) is 18.8. The number of rotatable bonds is 3. The van der Waals surface area contributed by atoms with E-state index in [0.29, 0.717) is 6.54 Å². The van der Waals surface area contributed by atoms with Gasteiger partial charge in [-0.2, -0.15) is 0 Å². The van der Waals surface area contributed by atoms with Crippen LogP contribution in [0.1, 0.15) is 81.5 Å². The van der Waals surface area contributed by atoms with E-state index in [1.165, 1.54) is 19.3 Å². The van der Waals surface area contributed by atoms with Crippen LogP contribution in [0.2, 0.25) is 0 Å². The van der Waals surface area contributed by atoms with Crippen LogP contribution in [-0.2, 0) is 4.74 Å². The molecule has 4 heterocycles. The molecule has 7 nitrogen and oxygen atoms in total. The molecule has 0 radical (unpaired) electrons. The van der Waals surface area contributed by atoms with Gasteiger partial charge in [-0.25, -0.2) is 9.78 Å². The molecule has 2 saturated heterocycles. The molecule has 1 amide bonds. The number of aryl methyl sites for hydroxylation is 3. The summed E-state index contributed by atoms with van der Waals surface area (Å²) in [7, 11) is 0. The number of nitrogens with zero attached hydrogens (tertiary/aromatic N) is 4. The van der Waals surface area contributed by atoms with Gasteiger partial charge < -0.3 is 19.1 Å². The minimum absolute atomic E-state index is 0.0440. The number of amides is 1. The summed E-state index contributed by atoms with van der Waals surface area (Å²) in [6, 6.07) is 6.60. The van der Waals surface area contributed by atoms with Crippen LogP contribution in [0.4, 0.5) is 10.6 Å². The molecule has 192 valence electrons. The lowest BCUT2D eigenvalue weighted by atomic mass is 9.95. The molecule has 0 saturated carbocycles. The number of benzene rings is 1. The standard InChI is InChI=1S/C29H38N4O3/c1-18-15-24-21(16-22(18)26-19(2)31-36-20(26)3)17-23(27(30-24)32-12-8-7-9-13-32)25-11-10-14-33(25)28(34)35-29(4,5)6/h15-17,25H,7-14H2,1-6H3. The number of pyridine rings is 1. The van der Waals surface area contributed by atoms with Gasteiger partial charge in [-0.15, -0.1) is 0 Å². The van der Waals surface area contributed by atoms with Gasteiger partial charge in [-0.05, 0) is 103 Å². The molecule has 2 aliphatic rings. The van der Waals surface area contributed by atoms with Crippen LogP contribution in [0.25, 0.3) is 22.0 Å². The Bertz CT molecular complexity index is 1260. The van der Waals surface area contributed by atoms with E-state index in [-0.39, 0.29) is 12.1 Å². The monoisotopic (exact) mass is 490 g/mol. The number of aromatic nitrogens is 2. The maximum absolute atomic E-state index is 13.2. The van der Waals surface area contributed by atoms with Crippen molar-refractivity contribution in [3.63, 3.8) is 0 Å². The van der Waals surface area contributed by atoms with Gasteiger partial charge in [0.15, 0.2) is 0 Å². The van der Waals surface area contributed by atoms with E-state index in [0.717, 1.165) is 76.4 Å². The first-order valence-corrected chi connectivity index (χ1v) is 13.3. The SMILES string of the molecule is Cc1cc2nc(N3CCCCC3)c(C3CCCN3C(=O)OC(C)(C)C)cc2cc1-c1c(C)noc1C. The summed E-state index contributed by atoms with van der Waals surface area (Å²) in [5.41, 5.74) is 5.79. The highest BCUT2D eigenvalue weighted by Gasteiger charge is 2.36. The molecule has 2 fully saturated rings. The van der Waals surface area contributed by atoms with E-state index < -0.39 is 5.60 Å². The maximum atomic E-state index is 13.2. The summed E-state index contributed by atoms with van der Waals surface area (Å²) in [6.07, 6.45) is 5.23. The molecule has 0 aliphatic carbocycles. The maximum Gasteiger partial charge on any atom is 0.410 e. The van der Waals surface area contributed by atoms with E-state index in [2.05, 4.69) is 35.2 Å². The highest BCUT2D eigenvalue weighted by molar-refractivity contribution is 5.89. The van der Waals surface area contributed by atoms with Gasteiger partial charge in [0.25, 0.3) is 0 Å². The number of hydrogen-bond acceptors (Lipinski definition) is 6. The Morgan fingerprint density at radius 2 is 1.78 bits per heavy atom. The quantitative estimate of drug-likeness (QED) is 0.399. The van der Waals surface area contributed by atoms with Crippen LogP contribution in [0, 0.1) is 20.8 Å². The van der Waals surface area contributed by atoms with Crippen LogP contribution in [0.5, 0.6) is 0 Å². The van der Waals surface area contributed by atoms with Crippen molar-refractivity contribution in [2.45, 2.75) is 85.3 Å². The van der Waals surface area contributed by atoms with E-state index in [1.807, 2.05) is 39.5 Å². The number of piperidine rings is 1. The highest BCUT2D eigenvalue weighted by Crippen LogP contribution is 2.41. The van der Waals surface area contributed by atoms with Gasteiger partial charge in [0.2, 0.25) is 0 Å². The topological polar surface area (TPSA) is 71.7 Å². The summed E-state index contributed by atoms with van der Waals surface area (Å²) < 4.78 is 11.3. The fraction of sp³-hybridized carbons (Fsp3) is 0.552. The average molecular weight is 491 g/mol. The molecule has 7 heteroatoms. The molecule has 1 atom stereocenters. The second-order valence-corrected chi connectivity index (χ2v) is 11.3. The lowest BCUT2D eigenvalue weighted by molar-refractivity contribution is 0.0224. The molecule has 0 spiro atoms. The van der Waals surface area contributed by atoms with Gasteiger partial charge in [0.1, 0.15) is 17.2 Å². The smallest absolute Gasteiger partial charge is 0.410 e. The predicted octanol–water partition coefficient (Wildman–Crippen LogP) is 6.88. The number of ether oxygens (including phenoxy) is 1. The third-order valence-electron chi connectivity index (χ3n) is 7.37. The lowest BCUT2D eigenvalue weighted by Gasteiger charge is -2.34. The van der Waals surface area contributed by atoms with Gasteiger partial charge in [-0.3, -0.25) is 0 Å². The van der Waals surface area contributed by atoms with E-state index in [4.69, 9.17) is 14.2 Å². The summed E-state index contributed by atoms with van der Waals surface area (Å²) in [5.74, 6) is 1.84. The zero-order chi connectivity index (χ0) is 25.6. The largest absolute Gasteiger partial charge is 0.444 e. The molecular weight excluding hydrogens is 452 g/mol. The number of likely N-dealkylation sites (tertiary alicyclic amines) is 1. The van der Waals surface area contributed by atoms with Crippen LogP contribution in [-0.4, -0.2) is 46.4 Å². The molecule has 1 aromatic carbocycles. The molecule has 0 bridgehead atoms. The Kier molecular flexibility index (Phi) is 6.43. The van der Waals surface area contributed by atoms with Crippen molar-refractivity contribution in [2.75, 3.05) is 24.5 Å². The lowest BCUT2D eigenvalue weighted by Crippen LogP contribution is -2.37. The summed E-state index contributed by atoms with van der Waals surface area (Å²) in [4.78, 5) is 22.8. The van der Waals surface area contributed by atoms with Crippen molar-refractivity contribution < 1.29 is 14.1 Å². The van der Waals surface area contributed by atoms with Crippen molar-refractivity contribution in [3.05, 3.63) is 40.8 Å². The molecule has 0 N–H and O–H groups in total. The van der Waals surface area contributed by atoms with Crippen LogP contribution >= 0.6 is 0 Å². The minimum Gasteiger partial charge on any atom is -0.444 e. The molecule has 36 heavy (non-hydrogen) atoms. The van der Waals surface area contributed by atoms with Crippen molar-refractivity contribution in [1.82, 2.24) is 15.0 Å². The van der Waals surface area contributed by atoms with Crippen LogP contribution in [0.15, 0.2) is 22.7 Å². The van der Waals surface area contributed by atoms with Crippen LogP contribution < -0.4 is 4.90 Å². The zero-order valence-electron chi connectivity index (χ0n) is 22.5.